The van der Waals surface area contributed by atoms with Crippen LogP contribution in [0.1, 0.15) is 25.3 Å². The summed E-state index contributed by atoms with van der Waals surface area (Å²) in [5, 5.41) is 3.21. The quantitative estimate of drug-likeness (QED) is 0.834. The fraction of sp³-hybridized carbons (Fsp3) is 0.500. The molecule has 1 fully saturated rings. The maximum Gasteiger partial charge on any atom is 0.434 e. The van der Waals surface area contributed by atoms with Crippen LogP contribution in [0.25, 0.3) is 0 Å². The maximum absolute atomic E-state index is 12.2. The van der Waals surface area contributed by atoms with Gasteiger partial charge in [-0.25, -0.2) is 4.79 Å². The van der Waals surface area contributed by atoms with E-state index in [9.17, 15) is 9.59 Å². The van der Waals surface area contributed by atoms with Crippen LogP contribution < -0.4 is 10.8 Å². The Morgan fingerprint density at radius 1 is 1.27 bits per heavy atom. The van der Waals surface area contributed by atoms with E-state index in [1.54, 1.807) is 7.05 Å². The highest BCUT2D eigenvalue weighted by Gasteiger charge is 2.35. The van der Waals surface area contributed by atoms with Crippen molar-refractivity contribution in [3.05, 3.63) is 35.9 Å². The number of nitrogens with zero attached hydrogens (tertiary/aromatic N) is 1. The van der Waals surface area contributed by atoms with Crippen molar-refractivity contribution in [1.29, 1.82) is 0 Å². The lowest BCUT2D eigenvalue weighted by atomic mass is 9.80. The van der Waals surface area contributed by atoms with E-state index < -0.39 is 11.5 Å². The molecule has 0 aromatic heterocycles. The molecule has 6 heteroatoms. The van der Waals surface area contributed by atoms with Gasteiger partial charge < -0.3 is 15.1 Å². The van der Waals surface area contributed by atoms with Gasteiger partial charge in [0.05, 0.1) is 5.41 Å². The van der Waals surface area contributed by atoms with Crippen LogP contribution in [0.4, 0.5) is 4.79 Å². The second kappa shape index (κ2) is 7.26. The van der Waals surface area contributed by atoms with Crippen LogP contribution in [-0.2, 0) is 16.2 Å². The van der Waals surface area contributed by atoms with Gasteiger partial charge in [-0.05, 0) is 31.5 Å². The first kappa shape index (κ1) is 16.3. The molecule has 2 amide bonds. The summed E-state index contributed by atoms with van der Waals surface area (Å²) >= 11 is 0. The first-order valence-electron chi connectivity index (χ1n) is 7.48. The van der Waals surface area contributed by atoms with Gasteiger partial charge in [-0.1, -0.05) is 37.3 Å². The molecule has 0 radical (unpaired) electrons. The molecule has 0 unspecified atom stereocenters. The van der Waals surface area contributed by atoms with Gasteiger partial charge >= 0.3 is 6.09 Å². The Balaban J connectivity index is 1.80. The normalized spacial score (nSPS) is 16.6. The molecule has 6 nitrogen and oxygen atoms in total. The Bertz CT molecular complexity index is 513. The molecule has 0 spiro atoms. The summed E-state index contributed by atoms with van der Waals surface area (Å²) in [5.41, 5.74) is 2.82. The van der Waals surface area contributed by atoms with Gasteiger partial charge in [-0.2, -0.15) is 5.48 Å². The second-order valence-corrected chi connectivity index (χ2v) is 5.95. The summed E-state index contributed by atoms with van der Waals surface area (Å²) in [7, 11) is 1.63. The number of carbonyl (C=O) groups excluding carboxylic acids is 2. The minimum absolute atomic E-state index is 0.240. The second-order valence-electron chi connectivity index (χ2n) is 5.95. The van der Waals surface area contributed by atoms with Gasteiger partial charge in [0, 0.05) is 13.6 Å². The molecule has 1 aliphatic rings. The van der Waals surface area contributed by atoms with Crippen LogP contribution >= 0.6 is 0 Å². The molecule has 1 aromatic rings. The van der Waals surface area contributed by atoms with Gasteiger partial charge in [0.2, 0.25) is 0 Å². The Kier molecular flexibility index (Phi) is 5.38. The van der Waals surface area contributed by atoms with Gasteiger partial charge in [-0.3, -0.25) is 4.79 Å². The van der Waals surface area contributed by atoms with E-state index in [1.807, 2.05) is 37.3 Å². The number of nitrogens with one attached hydrogen (secondary N) is 2. The molecule has 1 heterocycles. The molecule has 0 atom stereocenters. The molecule has 0 aliphatic carbocycles. The van der Waals surface area contributed by atoms with Crippen molar-refractivity contribution in [2.24, 2.45) is 5.41 Å². The lowest BCUT2D eigenvalue weighted by molar-refractivity contribution is -0.141. The number of rotatable bonds is 3. The Hall–Kier alpha value is -2.08. The highest BCUT2D eigenvalue weighted by Crippen LogP contribution is 2.27. The van der Waals surface area contributed by atoms with Gasteiger partial charge in [0.1, 0.15) is 0 Å². The molecule has 120 valence electrons. The summed E-state index contributed by atoms with van der Waals surface area (Å²) in [4.78, 5) is 30.4. The zero-order valence-corrected chi connectivity index (χ0v) is 13.1. The SMILES string of the molecule is CN(Cc1ccccc1)C(=O)ONC(=O)C1(C)CCNCC1. The fourth-order valence-electron chi connectivity index (χ4n) is 2.42. The van der Waals surface area contributed by atoms with Crippen molar-refractivity contribution in [2.75, 3.05) is 20.1 Å². The Morgan fingerprint density at radius 2 is 1.91 bits per heavy atom. The van der Waals surface area contributed by atoms with Gasteiger partial charge in [0.15, 0.2) is 0 Å². The smallest absolute Gasteiger partial charge is 0.321 e. The van der Waals surface area contributed by atoms with Crippen molar-refractivity contribution in [2.45, 2.75) is 26.3 Å². The number of amides is 2. The predicted octanol–water partition coefficient (Wildman–Crippen LogP) is 1.68. The van der Waals surface area contributed by atoms with E-state index in [-0.39, 0.29) is 5.91 Å². The van der Waals surface area contributed by atoms with Crippen LogP contribution in [-0.4, -0.2) is 37.0 Å². The summed E-state index contributed by atoms with van der Waals surface area (Å²) in [6.07, 6.45) is 0.890. The van der Waals surface area contributed by atoms with Gasteiger partial charge in [0.25, 0.3) is 5.91 Å². The number of hydrogen-bond donors (Lipinski definition) is 2. The molecule has 1 aliphatic heterocycles. The molecule has 22 heavy (non-hydrogen) atoms. The molecular weight excluding hydrogens is 282 g/mol. The topological polar surface area (TPSA) is 70.7 Å². The van der Waals surface area contributed by atoms with Crippen LogP contribution in [0.3, 0.4) is 0 Å². The van der Waals surface area contributed by atoms with Crippen molar-refractivity contribution in [3.63, 3.8) is 0 Å². The Labute approximate surface area is 130 Å². The molecule has 1 aromatic carbocycles. The van der Waals surface area contributed by atoms with Crippen LogP contribution in [0.5, 0.6) is 0 Å². The zero-order chi connectivity index (χ0) is 16.0. The summed E-state index contributed by atoms with van der Waals surface area (Å²) in [6, 6.07) is 9.60. The minimum atomic E-state index is -0.574. The molecule has 0 bridgehead atoms. The highest BCUT2D eigenvalue weighted by molar-refractivity contribution is 5.82. The monoisotopic (exact) mass is 305 g/mol. The summed E-state index contributed by atoms with van der Waals surface area (Å²) in [6.45, 7) is 3.92. The van der Waals surface area contributed by atoms with Gasteiger partial charge in [-0.15, -0.1) is 0 Å². The lowest BCUT2D eigenvalue weighted by Crippen LogP contribution is -2.47. The molecule has 2 rings (SSSR count). The maximum atomic E-state index is 12.2. The molecule has 1 saturated heterocycles. The summed E-state index contributed by atoms with van der Waals surface area (Å²) < 4.78 is 0. The van der Waals surface area contributed by atoms with Crippen molar-refractivity contribution in [3.8, 4) is 0 Å². The number of benzene rings is 1. The van der Waals surface area contributed by atoms with E-state index in [1.165, 1.54) is 4.90 Å². The Morgan fingerprint density at radius 3 is 2.55 bits per heavy atom. The van der Waals surface area contributed by atoms with E-state index in [0.29, 0.717) is 6.54 Å². The van der Waals surface area contributed by atoms with Crippen LogP contribution in [0.2, 0.25) is 0 Å². The molecule has 0 saturated carbocycles. The van der Waals surface area contributed by atoms with E-state index in [0.717, 1.165) is 31.5 Å². The first-order valence-corrected chi connectivity index (χ1v) is 7.48. The number of carbonyl (C=O) groups is 2. The first-order chi connectivity index (χ1) is 10.5. The van der Waals surface area contributed by atoms with Crippen LogP contribution in [0.15, 0.2) is 30.3 Å². The van der Waals surface area contributed by atoms with E-state index in [2.05, 4.69) is 10.8 Å². The third-order valence-electron chi connectivity index (χ3n) is 4.06. The average Bonchev–Trinajstić information content (AvgIpc) is 2.53. The third kappa shape index (κ3) is 4.21. The average molecular weight is 305 g/mol. The lowest BCUT2D eigenvalue weighted by Gasteiger charge is -2.32. The standard InChI is InChI=1S/C16H23N3O3/c1-16(8-10-17-11-9-16)14(20)18-22-15(21)19(2)12-13-6-4-3-5-7-13/h3-7,17H,8-12H2,1-2H3,(H,18,20). The van der Waals surface area contributed by atoms with E-state index in [4.69, 9.17) is 4.84 Å². The van der Waals surface area contributed by atoms with Crippen molar-refractivity contribution in [1.82, 2.24) is 15.7 Å². The van der Waals surface area contributed by atoms with E-state index >= 15 is 0 Å². The third-order valence-corrected chi connectivity index (χ3v) is 4.06. The zero-order valence-electron chi connectivity index (χ0n) is 13.1. The number of hydroxylamine groups is 1. The minimum Gasteiger partial charge on any atom is -0.321 e. The van der Waals surface area contributed by atoms with Crippen molar-refractivity contribution >= 4 is 12.0 Å². The van der Waals surface area contributed by atoms with Crippen molar-refractivity contribution < 1.29 is 14.4 Å². The summed E-state index contributed by atoms with van der Waals surface area (Å²) in [5.74, 6) is -0.240. The highest BCUT2D eigenvalue weighted by atomic mass is 16.7. The van der Waals surface area contributed by atoms with Crippen LogP contribution in [0, 0.1) is 5.41 Å². The fourth-order valence-corrected chi connectivity index (χ4v) is 2.42. The molecular formula is C16H23N3O3. The molecule has 2 N–H and O–H groups in total. The predicted molar refractivity (Wildman–Crippen MR) is 82.7 cm³/mol. The number of hydrogen-bond acceptors (Lipinski definition) is 4. The largest absolute Gasteiger partial charge is 0.434 e. The number of piperidine rings is 1.